The summed E-state index contributed by atoms with van der Waals surface area (Å²) in [5.41, 5.74) is 7.72. The van der Waals surface area contributed by atoms with Crippen LogP contribution in [0.2, 0.25) is 0 Å². The number of nitrogens with two attached hydrogens (primary N) is 1. The molecule has 1 aliphatic heterocycles. The summed E-state index contributed by atoms with van der Waals surface area (Å²) in [4.78, 5) is 23.5. The van der Waals surface area contributed by atoms with Gasteiger partial charge in [-0.05, 0) is 43.4 Å². The third-order valence-electron chi connectivity index (χ3n) is 4.14. The predicted octanol–water partition coefficient (Wildman–Crippen LogP) is 2.00. The van der Waals surface area contributed by atoms with E-state index in [-0.39, 0.29) is 36.2 Å². The van der Waals surface area contributed by atoms with Crippen molar-refractivity contribution in [1.29, 1.82) is 0 Å². The lowest BCUT2D eigenvalue weighted by Crippen LogP contribution is -2.47. The molecular formula is C17H26ClN3O3. The molecule has 2 amide bonds. The van der Waals surface area contributed by atoms with Crippen LogP contribution in [0.1, 0.15) is 38.3 Å². The maximum Gasteiger partial charge on any atom is 0.237 e. The van der Waals surface area contributed by atoms with Crippen molar-refractivity contribution in [3.63, 3.8) is 0 Å². The topological polar surface area (TPSA) is 93.5 Å². The highest BCUT2D eigenvalue weighted by Gasteiger charge is 2.27. The molecule has 0 radical (unpaired) electrons. The largest absolute Gasteiger partial charge is 0.381 e. The first-order valence-electron chi connectivity index (χ1n) is 7.98. The van der Waals surface area contributed by atoms with Gasteiger partial charge in [0.25, 0.3) is 0 Å². The SMILES string of the molecule is CC(=O)Nc1cccc(C(C)NC(=O)C(N)C2CCOCC2)c1.Cl. The Morgan fingerprint density at radius 1 is 1.29 bits per heavy atom. The number of nitrogens with one attached hydrogen (secondary N) is 2. The smallest absolute Gasteiger partial charge is 0.237 e. The van der Waals surface area contributed by atoms with Crippen molar-refractivity contribution in [2.45, 2.75) is 38.8 Å². The van der Waals surface area contributed by atoms with Gasteiger partial charge in [0.05, 0.1) is 12.1 Å². The highest BCUT2D eigenvalue weighted by atomic mass is 35.5. The Kier molecular flexibility index (Phi) is 8.18. The summed E-state index contributed by atoms with van der Waals surface area (Å²) < 4.78 is 5.30. The summed E-state index contributed by atoms with van der Waals surface area (Å²) in [6.45, 7) is 4.70. The first-order chi connectivity index (χ1) is 11.0. The molecule has 1 aliphatic rings. The minimum Gasteiger partial charge on any atom is -0.381 e. The van der Waals surface area contributed by atoms with Gasteiger partial charge < -0.3 is 21.1 Å². The monoisotopic (exact) mass is 355 g/mol. The van der Waals surface area contributed by atoms with Gasteiger partial charge in [0, 0.05) is 25.8 Å². The van der Waals surface area contributed by atoms with Crippen molar-refractivity contribution in [3.8, 4) is 0 Å². The highest BCUT2D eigenvalue weighted by molar-refractivity contribution is 5.88. The van der Waals surface area contributed by atoms with Crippen molar-refractivity contribution >= 4 is 29.9 Å². The average molecular weight is 356 g/mol. The van der Waals surface area contributed by atoms with E-state index < -0.39 is 6.04 Å². The van der Waals surface area contributed by atoms with Gasteiger partial charge in [-0.25, -0.2) is 0 Å². The Balaban J connectivity index is 0.00000288. The van der Waals surface area contributed by atoms with Crippen molar-refractivity contribution < 1.29 is 14.3 Å². The molecule has 2 unspecified atom stereocenters. The van der Waals surface area contributed by atoms with Crippen LogP contribution in [0.4, 0.5) is 5.69 Å². The summed E-state index contributed by atoms with van der Waals surface area (Å²) >= 11 is 0. The molecule has 24 heavy (non-hydrogen) atoms. The van der Waals surface area contributed by atoms with Crippen LogP contribution >= 0.6 is 12.4 Å². The molecule has 1 heterocycles. The Hall–Kier alpha value is -1.63. The Morgan fingerprint density at radius 2 is 1.96 bits per heavy atom. The second-order valence-corrected chi connectivity index (χ2v) is 6.01. The molecule has 4 N–H and O–H groups in total. The fraction of sp³-hybridized carbons (Fsp3) is 0.529. The molecule has 134 valence electrons. The summed E-state index contributed by atoms with van der Waals surface area (Å²) in [6, 6.07) is 6.74. The second kappa shape index (κ2) is 9.61. The number of ether oxygens (including phenoxy) is 1. The summed E-state index contributed by atoms with van der Waals surface area (Å²) in [7, 11) is 0. The minimum atomic E-state index is -0.514. The predicted molar refractivity (Wildman–Crippen MR) is 96.1 cm³/mol. The maximum atomic E-state index is 12.3. The van der Waals surface area contributed by atoms with E-state index in [1.54, 1.807) is 0 Å². The lowest BCUT2D eigenvalue weighted by molar-refractivity contribution is -0.125. The van der Waals surface area contributed by atoms with Crippen LogP contribution in [0.3, 0.4) is 0 Å². The molecule has 1 aromatic rings. The van der Waals surface area contributed by atoms with E-state index in [0.29, 0.717) is 18.9 Å². The van der Waals surface area contributed by atoms with Crippen molar-refractivity contribution in [3.05, 3.63) is 29.8 Å². The van der Waals surface area contributed by atoms with Gasteiger partial charge in [-0.3, -0.25) is 9.59 Å². The molecule has 1 fully saturated rings. The molecule has 1 aromatic carbocycles. The van der Waals surface area contributed by atoms with Crippen LogP contribution in [0.15, 0.2) is 24.3 Å². The van der Waals surface area contributed by atoms with E-state index in [1.165, 1.54) is 6.92 Å². The molecule has 0 spiro atoms. The van der Waals surface area contributed by atoms with Gasteiger partial charge in [0.2, 0.25) is 11.8 Å². The number of carbonyl (C=O) groups is 2. The van der Waals surface area contributed by atoms with E-state index in [2.05, 4.69) is 10.6 Å². The highest BCUT2D eigenvalue weighted by Crippen LogP contribution is 2.20. The van der Waals surface area contributed by atoms with Crippen LogP contribution in [0.25, 0.3) is 0 Å². The third-order valence-corrected chi connectivity index (χ3v) is 4.14. The summed E-state index contributed by atoms with van der Waals surface area (Å²) in [5.74, 6) is -0.101. The van der Waals surface area contributed by atoms with E-state index >= 15 is 0 Å². The van der Waals surface area contributed by atoms with Gasteiger partial charge in [-0.15, -0.1) is 12.4 Å². The quantitative estimate of drug-likeness (QED) is 0.753. The van der Waals surface area contributed by atoms with Gasteiger partial charge in [0.1, 0.15) is 0 Å². The fourth-order valence-electron chi connectivity index (χ4n) is 2.77. The van der Waals surface area contributed by atoms with Gasteiger partial charge in [0.15, 0.2) is 0 Å². The number of rotatable bonds is 5. The zero-order valence-corrected chi connectivity index (χ0v) is 14.9. The number of hydrogen-bond donors (Lipinski definition) is 3. The maximum absolute atomic E-state index is 12.3. The van der Waals surface area contributed by atoms with Gasteiger partial charge in [-0.1, -0.05) is 12.1 Å². The van der Waals surface area contributed by atoms with E-state index in [0.717, 1.165) is 18.4 Å². The first-order valence-corrected chi connectivity index (χ1v) is 7.98. The van der Waals surface area contributed by atoms with Crippen LogP contribution in [-0.4, -0.2) is 31.1 Å². The number of amides is 2. The van der Waals surface area contributed by atoms with E-state index in [4.69, 9.17) is 10.5 Å². The second-order valence-electron chi connectivity index (χ2n) is 6.01. The average Bonchev–Trinajstić information content (AvgIpc) is 2.54. The molecule has 2 atom stereocenters. The van der Waals surface area contributed by atoms with Crippen molar-refractivity contribution in [2.24, 2.45) is 11.7 Å². The molecule has 0 aliphatic carbocycles. The molecule has 7 heteroatoms. The normalized spacial score (nSPS) is 17.3. The number of halogens is 1. The van der Waals surface area contributed by atoms with Crippen LogP contribution in [0.5, 0.6) is 0 Å². The first kappa shape index (κ1) is 20.4. The lowest BCUT2D eigenvalue weighted by Gasteiger charge is -2.28. The van der Waals surface area contributed by atoms with Crippen LogP contribution in [-0.2, 0) is 14.3 Å². The molecule has 2 rings (SSSR count). The van der Waals surface area contributed by atoms with Crippen molar-refractivity contribution in [2.75, 3.05) is 18.5 Å². The van der Waals surface area contributed by atoms with Gasteiger partial charge in [-0.2, -0.15) is 0 Å². The van der Waals surface area contributed by atoms with E-state index in [9.17, 15) is 9.59 Å². The number of hydrogen-bond acceptors (Lipinski definition) is 4. The number of carbonyl (C=O) groups excluding carboxylic acids is 2. The number of anilines is 1. The lowest BCUT2D eigenvalue weighted by atomic mass is 9.91. The Labute approximate surface area is 148 Å². The summed E-state index contributed by atoms with van der Waals surface area (Å²) in [5, 5.41) is 5.69. The van der Waals surface area contributed by atoms with Gasteiger partial charge >= 0.3 is 0 Å². The Morgan fingerprint density at radius 3 is 2.58 bits per heavy atom. The van der Waals surface area contributed by atoms with Crippen LogP contribution in [0, 0.1) is 5.92 Å². The van der Waals surface area contributed by atoms with Crippen LogP contribution < -0.4 is 16.4 Å². The standard InChI is InChI=1S/C17H25N3O3.ClH/c1-11(14-4-3-5-15(10-14)20-12(2)21)19-17(22)16(18)13-6-8-23-9-7-13;/h3-5,10-11,13,16H,6-9,18H2,1-2H3,(H,19,22)(H,20,21);1H. The number of benzene rings is 1. The molecular weight excluding hydrogens is 330 g/mol. The molecule has 1 saturated heterocycles. The van der Waals surface area contributed by atoms with Crippen molar-refractivity contribution in [1.82, 2.24) is 5.32 Å². The molecule has 0 bridgehead atoms. The summed E-state index contributed by atoms with van der Waals surface area (Å²) in [6.07, 6.45) is 1.64. The molecule has 0 saturated carbocycles. The minimum absolute atomic E-state index is 0. The van der Waals surface area contributed by atoms with E-state index in [1.807, 2.05) is 31.2 Å². The third kappa shape index (κ3) is 5.78. The molecule has 6 nitrogen and oxygen atoms in total. The zero-order valence-electron chi connectivity index (χ0n) is 14.1. The Bertz CT molecular complexity index is 562. The fourth-order valence-corrected chi connectivity index (χ4v) is 2.77. The zero-order chi connectivity index (χ0) is 16.8. The molecule has 0 aromatic heterocycles.